The molecule has 3 aromatic carbocycles. The maximum atomic E-state index is 13.2. The van der Waals surface area contributed by atoms with Gasteiger partial charge >= 0.3 is 0 Å². The van der Waals surface area contributed by atoms with E-state index in [1.165, 1.54) is 16.9 Å². The molecule has 0 aliphatic carbocycles. The first-order valence-corrected chi connectivity index (χ1v) is 12.5. The molecule has 7 heteroatoms. The van der Waals surface area contributed by atoms with Gasteiger partial charge in [0, 0.05) is 33.1 Å². The predicted molar refractivity (Wildman–Crippen MR) is 129 cm³/mol. The Balaban J connectivity index is 1.50. The van der Waals surface area contributed by atoms with Gasteiger partial charge in [-0.1, -0.05) is 48.0 Å². The minimum atomic E-state index is -3.74. The maximum absolute atomic E-state index is 13.2. The molecule has 0 unspecified atom stereocenters. The monoisotopic (exact) mass is 466 g/mol. The van der Waals surface area contributed by atoms with E-state index in [0.717, 1.165) is 39.9 Å². The Labute approximate surface area is 190 Å². The molecule has 0 atom stereocenters. The number of hydrogen-bond donors (Lipinski definition) is 1. The van der Waals surface area contributed by atoms with Gasteiger partial charge in [-0.05, 0) is 60.2 Å². The third-order valence-electron chi connectivity index (χ3n) is 5.41. The summed E-state index contributed by atoms with van der Waals surface area (Å²) in [7, 11) is -3.74. The number of sulfonamides is 1. The highest BCUT2D eigenvalue weighted by Gasteiger charge is 2.23. The summed E-state index contributed by atoms with van der Waals surface area (Å²) in [6.45, 7) is 2.54. The van der Waals surface area contributed by atoms with Gasteiger partial charge in [0.15, 0.2) is 0 Å². The second kappa shape index (κ2) is 7.79. The van der Waals surface area contributed by atoms with Crippen molar-refractivity contribution >= 4 is 54.4 Å². The van der Waals surface area contributed by atoms with Gasteiger partial charge in [-0.25, -0.2) is 8.42 Å². The van der Waals surface area contributed by atoms with E-state index in [4.69, 9.17) is 16.6 Å². The molecule has 31 heavy (non-hydrogen) atoms. The highest BCUT2D eigenvalue weighted by atomic mass is 35.5. The van der Waals surface area contributed by atoms with Crippen LogP contribution in [-0.4, -0.2) is 20.7 Å². The van der Waals surface area contributed by atoms with Gasteiger partial charge in [-0.3, -0.25) is 9.71 Å². The molecule has 2 heterocycles. The number of benzene rings is 3. The normalized spacial score (nSPS) is 13.7. The van der Waals surface area contributed by atoms with Crippen LogP contribution in [0.5, 0.6) is 0 Å². The summed E-state index contributed by atoms with van der Waals surface area (Å²) in [6.07, 6.45) is 0.918. The zero-order chi connectivity index (χ0) is 21.6. The Hall–Kier alpha value is -2.67. The average Bonchev–Trinajstić information content (AvgIpc) is 3.10. The van der Waals surface area contributed by atoms with Crippen molar-refractivity contribution in [3.8, 4) is 0 Å². The van der Waals surface area contributed by atoms with Crippen LogP contribution in [0.3, 0.4) is 0 Å². The molecule has 1 aliphatic rings. The molecule has 1 aliphatic heterocycles. The topological polar surface area (TPSA) is 58.5 Å². The van der Waals surface area contributed by atoms with Gasteiger partial charge in [-0.15, -0.1) is 11.3 Å². The first kappa shape index (κ1) is 20.2. The lowest BCUT2D eigenvalue weighted by Crippen LogP contribution is -2.15. The van der Waals surface area contributed by atoms with Crippen molar-refractivity contribution in [2.24, 2.45) is 4.99 Å². The fourth-order valence-electron chi connectivity index (χ4n) is 3.95. The number of nitrogens with one attached hydrogen (secondary N) is 1. The standard InChI is InChI=1S/C24H19ClN2O2S2/c1-15-21-14-18(25)9-10-22(21)30-24(15)31(28,29)27-19-7-4-6-17(13-19)23-20-8-3-2-5-16(20)11-12-26-23/h2-10,13-14,27H,11-12H2,1H3. The van der Waals surface area contributed by atoms with E-state index in [-0.39, 0.29) is 0 Å². The van der Waals surface area contributed by atoms with E-state index in [9.17, 15) is 8.42 Å². The van der Waals surface area contributed by atoms with E-state index in [1.54, 1.807) is 18.2 Å². The first-order valence-electron chi connectivity index (χ1n) is 9.87. The van der Waals surface area contributed by atoms with Gasteiger partial charge in [0.25, 0.3) is 10.0 Å². The molecule has 0 radical (unpaired) electrons. The molecule has 4 aromatic rings. The summed E-state index contributed by atoms with van der Waals surface area (Å²) >= 11 is 7.35. The predicted octanol–water partition coefficient (Wildman–Crippen LogP) is 6.06. The summed E-state index contributed by atoms with van der Waals surface area (Å²) in [4.78, 5) is 4.72. The lowest BCUT2D eigenvalue weighted by Gasteiger charge is -2.17. The number of fused-ring (bicyclic) bond motifs is 2. The molecule has 5 rings (SSSR count). The van der Waals surface area contributed by atoms with Gasteiger partial charge in [0.2, 0.25) is 0 Å². The van der Waals surface area contributed by atoms with Crippen LogP contribution in [0.15, 0.2) is 75.9 Å². The molecule has 0 fully saturated rings. The van der Waals surface area contributed by atoms with E-state index in [0.29, 0.717) is 20.5 Å². The SMILES string of the molecule is Cc1c(S(=O)(=O)Nc2cccc(C3=NCCc4ccccc43)c2)sc2ccc(Cl)cc12. The quantitative estimate of drug-likeness (QED) is 0.397. The van der Waals surface area contributed by atoms with Crippen LogP contribution in [0.4, 0.5) is 5.69 Å². The summed E-state index contributed by atoms with van der Waals surface area (Å²) in [5.74, 6) is 0. The van der Waals surface area contributed by atoms with E-state index in [2.05, 4.69) is 16.9 Å². The summed E-state index contributed by atoms with van der Waals surface area (Å²) in [5.41, 5.74) is 5.38. The molecule has 0 spiro atoms. The van der Waals surface area contributed by atoms with Crippen LogP contribution in [0.1, 0.15) is 22.3 Å². The fraction of sp³-hybridized carbons (Fsp3) is 0.125. The van der Waals surface area contributed by atoms with E-state index in [1.807, 2.05) is 43.3 Å². The number of aliphatic imine (C=N–C) groups is 1. The number of hydrogen-bond acceptors (Lipinski definition) is 4. The molecule has 1 N–H and O–H groups in total. The van der Waals surface area contributed by atoms with Crippen molar-refractivity contribution in [3.05, 3.63) is 94.0 Å². The number of halogens is 1. The third-order valence-corrected chi connectivity index (χ3v) is 8.92. The van der Waals surface area contributed by atoms with E-state index >= 15 is 0 Å². The van der Waals surface area contributed by atoms with Crippen LogP contribution in [-0.2, 0) is 16.4 Å². The second-order valence-corrected chi connectivity index (χ2v) is 10.8. The Morgan fingerprint density at radius 1 is 1.03 bits per heavy atom. The average molecular weight is 467 g/mol. The Morgan fingerprint density at radius 3 is 2.74 bits per heavy atom. The molecular formula is C24H19ClN2O2S2. The van der Waals surface area contributed by atoms with Crippen molar-refractivity contribution < 1.29 is 8.42 Å². The smallest absolute Gasteiger partial charge is 0.271 e. The number of thiophene rings is 1. The zero-order valence-corrected chi connectivity index (χ0v) is 19.1. The third kappa shape index (κ3) is 3.76. The van der Waals surface area contributed by atoms with Crippen LogP contribution in [0, 0.1) is 6.92 Å². The van der Waals surface area contributed by atoms with Gasteiger partial charge in [0.05, 0.1) is 5.71 Å². The molecule has 0 amide bonds. The second-order valence-electron chi connectivity index (χ2n) is 7.48. The summed E-state index contributed by atoms with van der Waals surface area (Å²) in [5, 5.41) is 1.45. The summed E-state index contributed by atoms with van der Waals surface area (Å²) in [6, 6.07) is 21.1. The fourth-order valence-corrected chi connectivity index (χ4v) is 6.92. The Bertz CT molecular complexity index is 1460. The van der Waals surface area contributed by atoms with Crippen molar-refractivity contribution in [1.82, 2.24) is 0 Å². The summed E-state index contributed by atoms with van der Waals surface area (Å²) < 4.78 is 30.3. The molecule has 156 valence electrons. The van der Waals surface area contributed by atoms with Crippen LogP contribution in [0.2, 0.25) is 5.02 Å². The van der Waals surface area contributed by atoms with Crippen molar-refractivity contribution in [3.63, 3.8) is 0 Å². The lowest BCUT2D eigenvalue weighted by atomic mass is 9.93. The Morgan fingerprint density at radius 2 is 1.87 bits per heavy atom. The molecule has 0 bridgehead atoms. The molecule has 0 saturated carbocycles. The number of aryl methyl sites for hydroxylation is 1. The van der Waals surface area contributed by atoms with Crippen molar-refractivity contribution in [2.75, 3.05) is 11.3 Å². The lowest BCUT2D eigenvalue weighted by molar-refractivity contribution is 0.603. The highest BCUT2D eigenvalue weighted by molar-refractivity contribution is 7.94. The van der Waals surface area contributed by atoms with Gasteiger partial charge in [0.1, 0.15) is 4.21 Å². The first-order chi connectivity index (χ1) is 14.9. The minimum absolute atomic E-state index is 0.301. The van der Waals surface area contributed by atoms with Crippen LogP contribution < -0.4 is 4.72 Å². The van der Waals surface area contributed by atoms with Crippen LogP contribution in [0.25, 0.3) is 10.1 Å². The number of anilines is 1. The zero-order valence-electron chi connectivity index (χ0n) is 16.7. The number of nitrogens with zero attached hydrogens (tertiary/aromatic N) is 1. The van der Waals surface area contributed by atoms with Crippen molar-refractivity contribution in [1.29, 1.82) is 0 Å². The molecule has 1 aromatic heterocycles. The molecule has 4 nitrogen and oxygen atoms in total. The minimum Gasteiger partial charge on any atom is -0.284 e. The molecule has 0 saturated heterocycles. The van der Waals surface area contributed by atoms with Crippen molar-refractivity contribution in [2.45, 2.75) is 17.6 Å². The largest absolute Gasteiger partial charge is 0.284 e. The van der Waals surface area contributed by atoms with Crippen LogP contribution >= 0.6 is 22.9 Å². The highest BCUT2D eigenvalue weighted by Crippen LogP contribution is 2.36. The van der Waals surface area contributed by atoms with E-state index < -0.39 is 10.0 Å². The Kier molecular flexibility index (Phi) is 5.08. The molecular weight excluding hydrogens is 448 g/mol. The van der Waals surface area contributed by atoms with Gasteiger partial charge < -0.3 is 0 Å². The number of rotatable bonds is 4. The maximum Gasteiger partial charge on any atom is 0.271 e. The van der Waals surface area contributed by atoms with Gasteiger partial charge in [-0.2, -0.15) is 0 Å².